The molecule has 60 valence electrons. The van der Waals surface area contributed by atoms with Crippen LogP contribution >= 0.6 is 35.2 Å². The van der Waals surface area contributed by atoms with E-state index in [0.29, 0.717) is 11.4 Å². The van der Waals surface area contributed by atoms with E-state index in [1.54, 1.807) is 6.07 Å². The van der Waals surface area contributed by atoms with Gasteiger partial charge in [-0.1, -0.05) is 11.6 Å². The van der Waals surface area contributed by atoms with Gasteiger partial charge in [-0.25, -0.2) is 4.98 Å². The summed E-state index contributed by atoms with van der Waals surface area (Å²) in [7, 11) is 0. The Morgan fingerprint density at radius 1 is 1.45 bits per heavy atom. The second kappa shape index (κ2) is 3.34. The third-order valence-electron chi connectivity index (χ3n) is 1.08. The van der Waals surface area contributed by atoms with Crippen molar-refractivity contribution in [2.24, 2.45) is 0 Å². The van der Waals surface area contributed by atoms with E-state index in [9.17, 15) is 0 Å². The van der Waals surface area contributed by atoms with Gasteiger partial charge in [0.05, 0.1) is 5.69 Å². The van der Waals surface area contributed by atoms with Gasteiger partial charge in [-0.3, -0.25) is 0 Å². The van der Waals surface area contributed by atoms with Crippen LogP contribution in [0.2, 0.25) is 5.15 Å². The van der Waals surface area contributed by atoms with Crippen molar-refractivity contribution in [2.45, 2.75) is 0 Å². The molecule has 0 fully saturated rings. The molecule has 0 aliphatic heterocycles. The van der Waals surface area contributed by atoms with E-state index < -0.39 is 0 Å². The molecule has 0 saturated heterocycles. The number of hydrogen-bond donors (Lipinski definition) is 1. The molecule has 0 aromatic carbocycles. The van der Waals surface area contributed by atoms with Crippen molar-refractivity contribution in [2.75, 3.05) is 9.67 Å². The van der Waals surface area contributed by atoms with Crippen LogP contribution in [-0.4, -0.2) is 4.98 Å². The zero-order valence-electron chi connectivity index (χ0n) is 5.26. The van der Waals surface area contributed by atoms with Crippen LogP contribution in [0.4, 0.5) is 11.4 Å². The molecule has 0 saturated carbocycles. The Morgan fingerprint density at radius 3 is 2.45 bits per heavy atom. The summed E-state index contributed by atoms with van der Waals surface area (Å²) in [6.07, 6.45) is 1.47. The number of anilines is 2. The van der Waals surface area contributed by atoms with Gasteiger partial charge in [0.25, 0.3) is 0 Å². The van der Waals surface area contributed by atoms with Crippen molar-refractivity contribution in [3.8, 4) is 0 Å². The molecule has 0 spiro atoms. The van der Waals surface area contributed by atoms with E-state index in [2.05, 4.69) is 4.98 Å². The first-order valence-electron chi connectivity index (χ1n) is 2.64. The standard InChI is InChI=1S/C5H4Cl3N3/c6-5-4(11(7)8)3(9)1-2-10-5/h1-2H,(H2,9,10). The largest absolute Gasteiger partial charge is 0.397 e. The maximum atomic E-state index is 5.62. The molecule has 0 aliphatic rings. The van der Waals surface area contributed by atoms with Crippen LogP contribution in [-0.2, 0) is 0 Å². The molecule has 1 rings (SSSR count). The van der Waals surface area contributed by atoms with Gasteiger partial charge in [0.1, 0.15) is 5.69 Å². The van der Waals surface area contributed by atoms with Crippen LogP contribution in [0.1, 0.15) is 0 Å². The van der Waals surface area contributed by atoms with Crippen LogP contribution in [0.25, 0.3) is 0 Å². The van der Waals surface area contributed by atoms with Crippen molar-refractivity contribution in [3.63, 3.8) is 0 Å². The number of aromatic nitrogens is 1. The summed E-state index contributed by atoms with van der Waals surface area (Å²) in [4.78, 5) is 3.74. The number of nitrogen functional groups attached to an aromatic ring is 1. The van der Waals surface area contributed by atoms with Gasteiger partial charge in [0, 0.05) is 29.8 Å². The van der Waals surface area contributed by atoms with Crippen LogP contribution in [0, 0.1) is 0 Å². The predicted molar refractivity (Wildman–Crippen MR) is 47.8 cm³/mol. The molecule has 0 atom stereocenters. The fourth-order valence-electron chi connectivity index (χ4n) is 0.610. The van der Waals surface area contributed by atoms with Crippen molar-refractivity contribution >= 4 is 46.5 Å². The summed E-state index contributed by atoms with van der Waals surface area (Å²) in [5.41, 5.74) is 6.17. The van der Waals surface area contributed by atoms with E-state index in [1.165, 1.54) is 6.20 Å². The van der Waals surface area contributed by atoms with E-state index in [0.717, 1.165) is 3.94 Å². The number of nitrogens with two attached hydrogens (primary N) is 1. The molecule has 6 heteroatoms. The molecule has 3 nitrogen and oxygen atoms in total. The first-order valence-corrected chi connectivity index (χ1v) is 3.70. The maximum absolute atomic E-state index is 5.62. The van der Waals surface area contributed by atoms with Gasteiger partial charge in [0.2, 0.25) is 0 Å². The second-order valence-corrected chi connectivity index (χ2v) is 2.98. The molecule has 2 N–H and O–H groups in total. The Morgan fingerprint density at radius 2 is 2.09 bits per heavy atom. The van der Waals surface area contributed by atoms with Crippen molar-refractivity contribution in [1.82, 2.24) is 4.98 Å². The predicted octanol–water partition coefficient (Wildman–Crippen LogP) is 2.43. The molecule has 0 aliphatic carbocycles. The Bertz CT molecular complexity index is 243. The molecule has 11 heavy (non-hydrogen) atoms. The summed E-state index contributed by atoms with van der Waals surface area (Å²) in [6, 6.07) is 1.55. The molecule has 1 aromatic rings. The molecular weight excluding hydrogens is 208 g/mol. The highest BCUT2D eigenvalue weighted by Gasteiger charge is 2.10. The third-order valence-corrected chi connectivity index (χ3v) is 1.69. The molecule has 0 amide bonds. The summed E-state index contributed by atoms with van der Waals surface area (Å²) >= 11 is 16.4. The number of nitrogens with zero attached hydrogens (tertiary/aromatic N) is 2. The first-order chi connectivity index (χ1) is 5.13. The van der Waals surface area contributed by atoms with Crippen LogP contribution in [0.15, 0.2) is 12.3 Å². The van der Waals surface area contributed by atoms with Gasteiger partial charge < -0.3 is 5.73 Å². The lowest BCUT2D eigenvalue weighted by Crippen LogP contribution is -1.99. The molecule has 1 heterocycles. The van der Waals surface area contributed by atoms with Crippen LogP contribution in [0.5, 0.6) is 0 Å². The topological polar surface area (TPSA) is 42.1 Å². The van der Waals surface area contributed by atoms with Crippen molar-refractivity contribution < 1.29 is 0 Å². The Labute approximate surface area is 78.9 Å². The van der Waals surface area contributed by atoms with Gasteiger partial charge in [-0.05, 0) is 6.07 Å². The van der Waals surface area contributed by atoms with E-state index in [1.807, 2.05) is 0 Å². The van der Waals surface area contributed by atoms with E-state index in [4.69, 9.17) is 40.9 Å². The normalized spacial score (nSPS) is 9.73. The lowest BCUT2D eigenvalue weighted by Gasteiger charge is -2.08. The monoisotopic (exact) mass is 211 g/mol. The minimum atomic E-state index is 0.176. The highest BCUT2D eigenvalue weighted by atomic mass is 35.5. The zero-order valence-corrected chi connectivity index (χ0v) is 7.53. The second-order valence-electron chi connectivity index (χ2n) is 1.77. The van der Waals surface area contributed by atoms with Crippen LogP contribution < -0.4 is 9.67 Å². The van der Waals surface area contributed by atoms with Gasteiger partial charge in [-0.15, -0.1) is 0 Å². The fourth-order valence-corrected chi connectivity index (χ4v) is 1.30. The number of pyridine rings is 1. The number of hydrogen-bond acceptors (Lipinski definition) is 3. The van der Waals surface area contributed by atoms with Crippen molar-refractivity contribution in [3.05, 3.63) is 17.4 Å². The SMILES string of the molecule is Nc1ccnc(Cl)c1N(Cl)Cl. The maximum Gasteiger partial charge on any atom is 0.157 e. The van der Waals surface area contributed by atoms with Gasteiger partial charge >= 0.3 is 0 Å². The average Bonchev–Trinajstić information content (AvgIpc) is 1.85. The number of rotatable bonds is 1. The molecule has 0 radical (unpaired) electrons. The Kier molecular flexibility index (Phi) is 2.65. The van der Waals surface area contributed by atoms with Gasteiger partial charge in [0.15, 0.2) is 5.15 Å². The van der Waals surface area contributed by atoms with E-state index >= 15 is 0 Å². The minimum absolute atomic E-state index is 0.176. The van der Waals surface area contributed by atoms with E-state index in [-0.39, 0.29) is 5.15 Å². The Hall–Kier alpha value is -0.380. The molecule has 0 unspecified atom stereocenters. The zero-order chi connectivity index (χ0) is 8.43. The molecular formula is C5H4Cl3N3. The van der Waals surface area contributed by atoms with Gasteiger partial charge in [-0.2, -0.15) is 3.94 Å². The summed E-state index contributed by atoms with van der Waals surface area (Å²) in [6.45, 7) is 0. The minimum Gasteiger partial charge on any atom is -0.397 e. The summed E-state index contributed by atoms with van der Waals surface area (Å²) < 4.78 is 0.782. The fraction of sp³-hybridized carbons (Fsp3) is 0. The third kappa shape index (κ3) is 1.80. The summed E-state index contributed by atoms with van der Waals surface area (Å²) in [5, 5.41) is 0.176. The highest BCUT2D eigenvalue weighted by molar-refractivity contribution is 6.51. The number of halogens is 3. The highest BCUT2D eigenvalue weighted by Crippen LogP contribution is 2.32. The van der Waals surface area contributed by atoms with Crippen LogP contribution in [0.3, 0.4) is 0 Å². The summed E-state index contributed by atoms with van der Waals surface area (Å²) in [5.74, 6) is 0. The molecule has 1 aromatic heterocycles. The smallest absolute Gasteiger partial charge is 0.157 e. The average molecular weight is 212 g/mol. The quantitative estimate of drug-likeness (QED) is 0.574. The Balaban J connectivity index is 3.21. The van der Waals surface area contributed by atoms with Crippen molar-refractivity contribution in [1.29, 1.82) is 0 Å². The molecule has 0 bridgehead atoms. The lowest BCUT2D eigenvalue weighted by atomic mass is 10.4. The lowest BCUT2D eigenvalue weighted by molar-refractivity contribution is 1.32. The first kappa shape index (κ1) is 8.71.